The number of anilines is 1. The molecule has 1 heterocycles. The van der Waals surface area contributed by atoms with Crippen LogP contribution in [0, 0.1) is 0 Å². The summed E-state index contributed by atoms with van der Waals surface area (Å²) in [6.07, 6.45) is -4.68. The number of nitrogens with one attached hydrogen (secondary N) is 1. The van der Waals surface area contributed by atoms with Crippen LogP contribution in [0.3, 0.4) is 0 Å². The van der Waals surface area contributed by atoms with Crippen LogP contribution in [-0.2, 0) is 11.0 Å². The van der Waals surface area contributed by atoms with E-state index in [0.717, 1.165) is 6.07 Å². The van der Waals surface area contributed by atoms with Crippen LogP contribution in [0.4, 0.5) is 19.0 Å². The van der Waals surface area contributed by atoms with Gasteiger partial charge in [0.15, 0.2) is 0 Å². The maximum Gasteiger partial charge on any atom is 0.433 e. The molecule has 0 saturated carbocycles. The molecule has 16 heavy (non-hydrogen) atoms. The molecule has 0 spiro atoms. The lowest BCUT2D eigenvalue weighted by atomic mass is 10.3. The molecule has 4 nitrogen and oxygen atoms in total. The van der Waals surface area contributed by atoms with Crippen LogP contribution in [0.15, 0.2) is 18.2 Å². The Morgan fingerprint density at radius 3 is 2.69 bits per heavy atom. The van der Waals surface area contributed by atoms with Gasteiger partial charge in [0.05, 0.1) is 6.42 Å². The van der Waals surface area contributed by atoms with Crippen molar-refractivity contribution in [1.29, 1.82) is 0 Å². The van der Waals surface area contributed by atoms with Gasteiger partial charge in [0.1, 0.15) is 11.5 Å². The maximum atomic E-state index is 12.2. The average molecular weight is 234 g/mol. The van der Waals surface area contributed by atoms with Crippen LogP contribution < -0.4 is 5.32 Å². The number of halogens is 3. The molecule has 0 radical (unpaired) electrons. The molecule has 2 N–H and O–H groups in total. The third kappa shape index (κ3) is 3.76. The standard InChI is InChI=1S/C9H9F3N2O2/c10-9(11,12)6-2-1-3-7(14-6)13-5-4-8(15)16/h1-3H,4-5H2,(H,13,14)(H,15,16). The highest BCUT2D eigenvalue weighted by molar-refractivity contribution is 5.67. The first-order valence-corrected chi connectivity index (χ1v) is 4.39. The van der Waals surface area contributed by atoms with E-state index < -0.39 is 17.8 Å². The lowest BCUT2D eigenvalue weighted by molar-refractivity contribution is -0.141. The van der Waals surface area contributed by atoms with Crippen molar-refractivity contribution in [1.82, 2.24) is 4.98 Å². The molecule has 0 aliphatic carbocycles. The number of rotatable bonds is 4. The first-order chi connectivity index (χ1) is 7.39. The molecule has 0 fully saturated rings. The van der Waals surface area contributed by atoms with Crippen molar-refractivity contribution in [2.24, 2.45) is 0 Å². The van der Waals surface area contributed by atoms with Gasteiger partial charge >= 0.3 is 12.1 Å². The zero-order valence-corrected chi connectivity index (χ0v) is 8.08. The van der Waals surface area contributed by atoms with Crippen molar-refractivity contribution in [2.45, 2.75) is 12.6 Å². The van der Waals surface area contributed by atoms with Gasteiger partial charge in [0, 0.05) is 6.54 Å². The number of aliphatic carboxylic acids is 1. The van der Waals surface area contributed by atoms with Crippen molar-refractivity contribution in [3.05, 3.63) is 23.9 Å². The summed E-state index contributed by atoms with van der Waals surface area (Å²) in [6.45, 7) is 0.0314. The number of carbonyl (C=O) groups is 1. The Labute approximate surface area is 89.1 Å². The van der Waals surface area contributed by atoms with E-state index in [9.17, 15) is 18.0 Å². The minimum atomic E-state index is -4.50. The van der Waals surface area contributed by atoms with Gasteiger partial charge in [-0.2, -0.15) is 13.2 Å². The molecule has 0 unspecified atom stereocenters. The summed E-state index contributed by atoms with van der Waals surface area (Å²) < 4.78 is 36.7. The molecule has 1 aromatic rings. The third-order valence-electron chi connectivity index (χ3n) is 1.68. The van der Waals surface area contributed by atoms with Crippen LogP contribution in [0.5, 0.6) is 0 Å². The van der Waals surface area contributed by atoms with Gasteiger partial charge < -0.3 is 10.4 Å². The predicted molar refractivity (Wildman–Crippen MR) is 50.0 cm³/mol. The quantitative estimate of drug-likeness (QED) is 0.836. The van der Waals surface area contributed by atoms with Crippen molar-refractivity contribution in [3.63, 3.8) is 0 Å². The van der Waals surface area contributed by atoms with Crippen molar-refractivity contribution < 1.29 is 23.1 Å². The lowest BCUT2D eigenvalue weighted by Crippen LogP contribution is -2.12. The molecule has 0 aliphatic heterocycles. The summed E-state index contributed by atoms with van der Waals surface area (Å²) in [5.41, 5.74) is -1.01. The van der Waals surface area contributed by atoms with E-state index in [1.54, 1.807) is 0 Å². The minimum absolute atomic E-state index is 0.0103. The average Bonchev–Trinajstić information content (AvgIpc) is 2.16. The largest absolute Gasteiger partial charge is 0.481 e. The van der Waals surface area contributed by atoms with Crippen LogP contribution >= 0.6 is 0 Å². The smallest absolute Gasteiger partial charge is 0.433 e. The van der Waals surface area contributed by atoms with Crippen LogP contribution in [0.2, 0.25) is 0 Å². The van der Waals surface area contributed by atoms with Gasteiger partial charge in [0.25, 0.3) is 0 Å². The Bertz CT molecular complexity index is 379. The molecular weight excluding hydrogens is 225 g/mol. The molecule has 0 aromatic carbocycles. The zero-order chi connectivity index (χ0) is 12.2. The number of carboxylic acid groups (broad SMARTS) is 1. The Hall–Kier alpha value is -1.79. The van der Waals surface area contributed by atoms with Gasteiger partial charge in [-0.05, 0) is 12.1 Å². The summed E-state index contributed by atoms with van der Waals surface area (Å²) in [6, 6.07) is 3.40. The summed E-state index contributed by atoms with van der Waals surface area (Å²) in [5.74, 6) is -1.02. The Morgan fingerprint density at radius 2 is 2.12 bits per heavy atom. The van der Waals surface area contributed by atoms with Crippen LogP contribution in [0.1, 0.15) is 12.1 Å². The summed E-state index contributed by atoms with van der Waals surface area (Å²) in [4.78, 5) is 13.5. The highest BCUT2D eigenvalue weighted by Gasteiger charge is 2.32. The highest BCUT2D eigenvalue weighted by Crippen LogP contribution is 2.27. The topological polar surface area (TPSA) is 62.2 Å². The zero-order valence-electron chi connectivity index (χ0n) is 8.08. The normalized spacial score (nSPS) is 11.2. The number of alkyl halides is 3. The van der Waals surface area contributed by atoms with Gasteiger partial charge in [-0.15, -0.1) is 0 Å². The van der Waals surface area contributed by atoms with Gasteiger partial charge in [-0.1, -0.05) is 6.07 Å². The number of carboxylic acids is 1. The molecule has 7 heteroatoms. The second-order valence-electron chi connectivity index (χ2n) is 2.98. The number of pyridine rings is 1. The summed E-state index contributed by atoms with van der Waals surface area (Å²) in [7, 11) is 0. The van der Waals surface area contributed by atoms with E-state index in [-0.39, 0.29) is 18.8 Å². The van der Waals surface area contributed by atoms with Crippen LogP contribution in [0.25, 0.3) is 0 Å². The summed E-state index contributed by atoms with van der Waals surface area (Å²) >= 11 is 0. The van der Waals surface area contributed by atoms with E-state index in [4.69, 9.17) is 5.11 Å². The Morgan fingerprint density at radius 1 is 1.44 bits per heavy atom. The molecule has 0 atom stereocenters. The van der Waals surface area contributed by atoms with E-state index in [2.05, 4.69) is 10.3 Å². The number of hydrogen-bond donors (Lipinski definition) is 2. The van der Waals surface area contributed by atoms with Gasteiger partial charge in [-0.3, -0.25) is 4.79 Å². The highest BCUT2D eigenvalue weighted by atomic mass is 19.4. The second kappa shape index (κ2) is 4.82. The van der Waals surface area contributed by atoms with E-state index >= 15 is 0 Å². The first kappa shape index (κ1) is 12.3. The second-order valence-corrected chi connectivity index (χ2v) is 2.98. The number of hydrogen-bond acceptors (Lipinski definition) is 3. The molecule has 1 rings (SSSR count). The molecule has 1 aromatic heterocycles. The lowest BCUT2D eigenvalue weighted by Gasteiger charge is -2.08. The van der Waals surface area contributed by atoms with Crippen molar-refractivity contribution in [2.75, 3.05) is 11.9 Å². The summed E-state index contributed by atoms with van der Waals surface area (Å²) in [5, 5.41) is 10.8. The third-order valence-corrected chi connectivity index (χ3v) is 1.68. The molecular formula is C9H9F3N2O2. The van der Waals surface area contributed by atoms with Gasteiger partial charge in [0.2, 0.25) is 0 Å². The predicted octanol–water partition coefficient (Wildman–Crippen LogP) is 1.99. The Balaban J connectivity index is 2.64. The van der Waals surface area contributed by atoms with E-state index in [1.165, 1.54) is 12.1 Å². The Kier molecular flexibility index (Phi) is 3.70. The van der Waals surface area contributed by atoms with Crippen molar-refractivity contribution >= 4 is 11.8 Å². The maximum absolute atomic E-state index is 12.2. The van der Waals surface area contributed by atoms with Gasteiger partial charge in [-0.25, -0.2) is 4.98 Å². The molecule has 0 bridgehead atoms. The minimum Gasteiger partial charge on any atom is -0.481 e. The van der Waals surface area contributed by atoms with E-state index in [0.29, 0.717) is 0 Å². The van der Waals surface area contributed by atoms with E-state index in [1.807, 2.05) is 0 Å². The van der Waals surface area contributed by atoms with Crippen LogP contribution in [-0.4, -0.2) is 22.6 Å². The number of nitrogens with zero attached hydrogens (tertiary/aromatic N) is 1. The fourth-order valence-electron chi connectivity index (χ4n) is 0.989. The fourth-order valence-corrected chi connectivity index (χ4v) is 0.989. The molecule has 0 saturated heterocycles. The molecule has 0 amide bonds. The van der Waals surface area contributed by atoms with Crippen molar-refractivity contribution in [3.8, 4) is 0 Å². The monoisotopic (exact) mass is 234 g/mol. The first-order valence-electron chi connectivity index (χ1n) is 4.39. The molecule has 0 aliphatic rings. The number of aromatic nitrogens is 1. The SMILES string of the molecule is O=C(O)CCNc1cccc(C(F)(F)F)n1. The molecule has 88 valence electrons. The fraction of sp³-hybridized carbons (Fsp3) is 0.333.